The van der Waals surface area contributed by atoms with Crippen LogP contribution in [0.4, 0.5) is 5.69 Å². The Labute approximate surface area is 144 Å². The molecule has 0 spiro atoms. The Kier molecular flexibility index (Phi) is 4.11. The van der Waals surface area contributed by atoms with Crippen molar-refractivity contribution in [2.24, 2.45) is 0 Å². The molecule has 0 saturated carbocycles. The van der Waals surface area contributed by atoms with E-state index in [2.05, 4.69) is 15.9 Å². The molecule has 1 aliphatic rings. The Morgan fingerprint density at radius 1 is 1.00 bits per heavy atom. The predicted octanol–water partition coefficient (Wildman–Crippen LogP) is 4.68. The molecule has 1 heterocycles. The number of carbonyl (C=O) groups is 2. The van der Waals surface area contributed by atoms with E-state index in [1.54, 1.807) is 6.07 Å². The Balaban J connectivity index is 2.24. The van der Waals surface area contributed by atoms with Crippen LogP contribution < -0.4 is 4.90 Å². The van der Waals surface area contributed by atoms with Crippen molar-refractivity contribution in [3.63, 3.8) is 0 Å². The predicted molar refractivity (Wildman–Crippen MR) is 95.2 cm³/mol. The van der Waals surface area contributed by atoms with Crippen LogP contribution in [0.5, 0.6) is 0 Å². The average molecular weight is 372 g/mol. The molecule has 2 amide bonds. The van der Waals surface area contributed by atoms with Gasteiger partial charge in [-0.2, -0.15) is 0 Å². The fraction of sp³-hybridized carbons (Fsp3) is 0.263. The zero-order chi connectivity index (χ0) is 16.7. The summed E-state index contributed by atoms with van der Waals surface area (Å²) in [5.41, 5.74) is 4.64. The standard InChI is InChI=1S/C19H18BrNO2/c1-4-12-9-14(20)10-13(5-2)17(12)21-18(22)15-8-6-7-11(3)16(15)19(21)23/h6-10H,4-5H2,1-3H3. The van der Waals surface area contributed by atoms with Crippen molar-refractivity contribution in [1.82, 2.24) is 0 Å². The second-order valence-corrected chi connectivity index (χ2v) is 6.64. The monoisotopic (exact) mass is 371 g/mol. The van der Waals surface area contributed by atoms with Gasteiger partial charge in [0.25, 0.3) is 11.8 Å². The number of halogens is 1. The van der Waals surface area contributed by atoms with E-state index in [0.717, 1.165) is 39.7 Å². The number of hydrogen-bond acceptors (Lipinski definition) is 2. The first-order valence-corrected chi connectivity index (χ1v) is 8.58. The summed E-state index contributed by atoms with van der Waals surface area (Å²) in [7, 11) is 0. The number of fused-ring (bicyclic) bond motifs is 1. The molecule has 2 aromatic rings. The number of nitrogens with zero attached hydrogens (tertiary/aromatic N) is 1. The van der Waals surface area contributed by atoms with Gasteiger partial charge >= 0.3 is 0 Å². The average Bonchev–Trinajstić information content (AvgIpc) is 2.79. The highest BCUT2D eigenvalue weighted by Gasteiger charge is 2.39. The van der Waals surface area contributed by atoms with Crippen molar-refractivity contribution in [1.29, 1.82) is 0 Å². The Hall–Kier alpha value is -1.94. The SMILES string of the molecule is CCc1cc(Br)cc(CC)c1N1C(=O)c2cccc(C)c2C1=O. The maximum atomic E-state index is 12.9. The lowest BCUT2D eigenvalue weighted by Gasteiger charge is -2.22. The molecule has 1 aliphatic heterocycles. The van der Waals surface area contributed by atoms with Crippen LogP contribution in [0.1, 0.15) is 51.3 Å². The number of anilines is 1. The molecule has 0 N–H and O–H groups in total. The first kappa shape index (κ1) is 15.9. The summed E-state index contributed by atoms with van der Waals surface area (Å²) in [5.74, 6) is -0.435. The highest BCUT2D eigenvalue weighted by molar-refractivity contribution is 9.10. The fourth-order valence-corrected chi connectivity index (χ4v) is 3.75. The molecule has 3 rings (SSSR count). The molecule has 0 radical (unpaired) electrons. The zero-order valence-corrected chi connectivity index (χ0v) is 15.0. The van der Waals surface area contributed by atoms with E-state index in [1.165, 1.54) is 4.90 Å². The summed E-state index contributed by atoms with van der Waals surface area (Å²) in [6.07, 6.45) is 1.52. The van der Waals surface area contributed by atoms with Gasteiger partial charge in [-0.3, -0.25) is 9.59 Å². The molecular formula is C19H18BrNO2. The summed E-state index contributed by atoms with van der Waals surface area (Å²) in [5, 5.41) is 0. The lowest BCUT2D eigenvalue weighted by atomic mass is 10.0. The topological polar surface area (TPSA) is 37.4 Å². The molecule has 0 fully saturated rings. The van der Waals surface area contributed by atoms with Gasteiger partial charge in [0, 0.05) is 4.47 Å². The minimum atomic E-state index is -0.222. The molecule has 2 aromatic carbocycles. The van der Waals surface area contributed by atoms with Gasteiger partial charge in [0.1, 0.15) is 0 Å². The Bertz CT molecular complexity index is 801. The maximum absolute atomic E-state index is 12.9. The molecular weight excluding hydrogens is 354 g/mol. The van der Waals surface area contributed by atoms with Crippen molar-refractivity contribution in [2.75, 3.05) is 4.90 Å². The lowest BCUT2D eigenvalue weighted by Crippen LogP contribution is -2.31. The molecule has 0 atom stereocenters. The zero-order valence-electron chi connectivity index (χ0n) is 13.4. The first-order valence-electron chi connectivity index (χ1n) is 7.79. The minimum Gasteiger partial charge on any atom is -0.268 e. The summed E-state index contributed by atoms with van der Waals surface area (Å²) >= 11 is 3.52. The number of rotatable bonds is 3. The van der Waals surface area contributed by atoms with E-state index in [0.29, 0.717) is 11.1 Å². The first-order chi connectivity index (χ1) is 11.0. The Morgan fingerprint density at radius 2 is 1.61 bits per heavy atom. The van der Waals surface area contributed by atoms with E-state index in [9.17, 15) is 9.59 Å². The summed E-state index contributed by atoms with van der Waals surface area (Å²) in [6, 6.07) is 9.41. The van der Waals surface area contributed by atoms with Crippen molar-refractivity contribution >= 4 is 33.4 Å². The van der Waals surface area contributed by atoms with E-state index >= 15 is 0 Å². The highest BCUT2D eigenvalue weighted by Crippen LogP contribution is 2.36. The van der Waals surface area contributed by atoms with Crippen molar-refractivity contribution < 1.29 is 9.59 Å². The molecule has 4 heteroatoms. The van der Waals surface area contributed by atoms with Gasteiger partial charge in [0.05, 0.1) is 16.8 Å². The minimum absolute atomic E-state index is 0.213. The number of aryl methyl sites for hydroxylation is 3. The van der Waals surface area contributed by atoms with Crippen LogP contribution in [-0.2, 0) is 12.8 Å². The summed E-state index contributed by atoms with van der Waals surface area (Å²) in [6.45, 7) is 5.94. The van der Waals surface area contributed by atoms with Gasteiger partial charge in [0.2, 0.25) is 0 Å². The summed E-state index contributed by atoms with van der Waals surface area (Å²) < 4.78 is 0.975. The van der Waals surface area contributed by atoms with Crippen molar-refractivity contribution in [3.05, 3.63) is 62.6 Å². The third kappa shape index (κ3) is 2.41. The molecule has 0 aliphatic carbocycles. The number of imide groups is 1. The van der Waals surface area contributed by atoms with Crippen molar-refractivity contribution in [2.45, 2.75) is 33.6 Å². The highest BCUT2D eigenvalue weighted by atomic mass is 79.9. The lowest BCUT2D eigenvalue weighted by molar-refractivity contribution is 0.0925. The van der Waals surface area contributed by atoms with Gasteiger partial charge in [-0.25, -0.2) is 4.90 Å². The van der Waals surface area contributed by atoms with Crippen molar-refractivity contribution in [3.8, 4) is 0 Å². The van der Waals surface area contributed by atoms with E-state index in [4.69, 9.17) is 0 Å². The van der Waals surface area contributed by atoms with Crippen LogP contribution in [0.15, 0.2) is 34.8 Å². The van der Waals surface area contributed by atoms with E-state index < -0.39 is 0 Å². The number of benzene rings is 2. The van der Waals surface area contributed by atoms with E-state index in [1.807, 2.05) is 45.0 Å². The van der Waals surface area contributed by atoms with Crippen LogP contribution >= 0.6 is 15.9 Å². The number of carbonyl (C=O) groups excluding carboxylic acids is 2. The normalized spacial score (nSPS) is 13.7. The van der Waals surface area contributed by atoms with Crippen LogP contribution in [0.25, 0.3) is 0 Å². The van der Waals surface area contributed by atoms with Gasteiger partial charge in [0.15, 0.2) is 0 Å². The van der Waals surface area contributed by atoms with Gasteiger partial charge in [-0.1, -0.05) is 41.9 Å². The van der Waals surface area contributed by atoms with Gasteiger partial charge < -0.3 is 0 Å². The number of hydrogen-bond donors (Lipinski definition) is 0. The van der Waals surface area contributed by atoms with Crippen LogP contribution in [0, 0.1) is 6.92 Å². The van der Waals surface area contributed by atoms with Gasteiger partial charge in [-0.05, 0) is 54.7 Å². The second-order valence-electron chi connectivity index (χ2n) is 5.72. The third-order valence-corrected chi connectivity index (χ3v) is 4.80. The smallest absolute Gasteiger partial charge is 0.266 e. The molecule has 0 saturated heterocycles. The Morgan fingerprint density at radius 3 is 2.13 bits per heavy atom. The summed E-state index contributed by atoms with van der Waals surface area (Å²) in [4.78, 5) is 27.2. The number of amides is 2. The molecule has 23 heavy (non-hydrogen) atoms. The molecule has 3 nitrogen and oxygen atoms in total. The molecule has 118 valence electrons. The van der Waals surface area contributed by atoms with Crippen LogP contribution in [0.2, 0.25) is 0 Å². The third-order valence-electron chi connectivity index (χ3n) is 4.34. The van der Waals surface area contributed by atoms with Crippen LogP contribution in [0.3, 0.4) is 0 Å². The second kappa shape index (κ2) is 5.93. The quantitative estimate of drug-likeness (QED) is 0.734. The largest absolute Gasteiger partial charge is 0.268 e. The van der Waals surface area contributed by atoms with E-state index in [-0.39, 0.29) is 11.8 Å². The van der Waals surface area contributed by atoms with Gasteiger partial charge in [-0.15, -0.1) is 0 Å². The molecule has 0 unspecified atom stereocenters. The van der Waals surface area contributed by atoms with Crippen LogP contribution in [-0.4, -0.2) is 11.8 Å². The molecule has 0 bridgehead atoms. The molecule has 0 aromatic heterocycles. The maximum Gasteiger partial charge on any atom is 0.266 e. The fourth-order valence-electron chi connectivity index (χ4n) is 3.20.